The minimum atomic E-state index is -0.197. The Bertz CT molecular complexity index is 439. The predicted octanol–water partition coefficient (Wildman–Crippen LogP) is 3.08. The highest BCUT2D eigenvalue weighted by Crippen LogP contribution is 2.37. The molecule has 0 saturated carbocycles. The number of nitrogens with zero attached hydrogens (tertiary/aromatic N) is 1. The zero-order valence-corrected chi connectivity index (χ0v) is 11.7. The van der Waals surface area contributed by atoms with Gasteiger partial charge >= 0.3 is 0 Å². The highest BCUT2D eigenvalue weighted by atomic mass is 79.9. The Hall–Kier alpha value is -0.450. The van der Waals surface area contributed by atoms with E-state index in [2.05, 4.69) is 20.8 Å². The van der Waals surface area contributed by atoms with Crippen LogP contribution in [-0.2, 0) is 6.54 Å². The number of halogens is 2. The van der Waals surface area contributed by atoms with E-state index < -0.39 is 0 Å². The van der Waals surface area contributed by atoms with E-state index in [-0.39, 0.29) is 11.9 Å². The van der Waals surface area contributed by atoms with Crippen LogP contribution < -0.4 is 0 Å². The van der Waals surface area contributed by atoms with Crippen molar-refractivity contribution in [2.75, 3.05) is 0 Å². The molecule has 2 aliphatic heterocycles. The van der Waals surface area contributed by atoms with Gasteiger partial charge in [0.25, 0.3) is 0 Å². The van der Waals surface area contributed by atoms with Gasteiger partial charge in [-0.15, -0.1) is 0 Å². The SMILES string of the molecule is OC1CC2CCC(C1)N2Cc1cccc(F)c1Br. The molecule has 2 unspecified atom stereocenters. The second-order valence-corrected chi connectivity index (χ2v) is 6.19. The lowest BCUT2D eigenvalue weighted by Gasteiger charge is -2.37. The molecule has 0 amide bonds. The lowest BCUT2D eigenvalue weighted by molar-refractivity contribution is 0.0308. The Kier molecular flexibility index (Phi) is 3.43. The lowest BCUT2D eigenvalue weighted by atomic mass is 9.99. The van der Waals surface area contributed by atoms with Gasteiger partial charge < -0.3 is 5.11 Å². The first-order valence-electron chi connectivity index (χ1n) is 6.52. The summed E-state index contributed by atoms with van der Waals surface area (Å²) in [7, 11) is 0. The quantitative estimate of drug-likeness (QED) is 0.907. The Morgan fingerprint density at radius 3 is 2.61 bits per heavy atom. The van der Waals surface area contributed by atoms with Crippen LogP contribution in [0.4, 0.5) is 4.39 Å². The van der Waals surface area contributed by atoms with Gasteiger partial charge in [0.15, 0.2) is 0 Å². The number of benzene rings is 1. The third-order valence-electron chi connectivity index (χ3n) is 4.24. The molecular weight excluding hydrogens is 297 g/mol. The van der Waals surface area contributed by atoms with Crippen molar-refractivity contribution >= 4 is 15.9 Å². The number of rotatable bonds is 2. The maximum Gasteiger partial charge on any atom is 0.137 e. The number of fused-ring (bicyclic) bond motifs is 2. The van der Waals surface area contributed by atoms with Crippen molar-refractivity contribution in [1.29, 1.82) is 0 Å². The van der Waals surface area contributed by atoms with Crippen LogP contribution in [0.15, 0.2) is 22.7 Å². The standard InChI is InChI=1S/C14H17BrFNO/c15-14-9(2-1-3-13(14)16)8-17-10-4-5-11(17)7-12(18)6-10/h1-3,10-12,18H,4-8H2. The van der Waals surface area contributed by atoms with Crippen LogP contribution in [0.25, 0.3) is 0 Å². The molecule has 0 spiro atoms. The Morgan fingerprint density at radius 2 is 1.94 bits per heavy atom. The van der Waals surface area contributed by atoms with Gasteiger partial charge in [-0.2, -0.15) is 0 Å². The van der Waals surface area contributed by atoms with Crippen molar-refractivity contribution in [2.45, 2.75) is 50.4 Å². The molecule has 1 N–H and O–H groups in total. The molecule has 2 heterocycles. The summed E-state index contributed by atoms with van der Waals surface area (Å²) in [5, 5.41) is 9.78. The van der Waals surface area contributed by atoms with E-state index in [4.69, 9.17) is 0 Å². The lowest BCUT2D eigenvalue weighted by Crippen LogP contribution is -2.44. The third kappa shape index (κ3) is 2.22. The molecule has 2 nitrogen and oxygen atoms in total. The van der Waals surface area contributed by atoms with Gasteiger partial charge in [0, 0.05) is 18.6 Å². The van der Waals surface area contributed by atoms with E-state index in [0.717, 1.165) is 37.8 Å². The fraction of sp³-hybridized carbons (Fsp3) is 0.571. The summed E-state index contributed by atoms with van der Waals surface area (Å²) in [5.74, 6) is -0.197. The second-order valence-electron chi connectivity index (χ2n) is 5.40. The van der Waals surface area contributed by atoms with Crippen molar-refractivity contribution < 1.29 is 9.50 Å². The molecule has 2 saturated heterocycles. The van der Waals surface area contributed by atoms with Crippen LogP contribution in [0.5, 0.6) is 0 Å². The average molecular weight is 314 g/mol. The molecule has 1 aromatic carbocycles. The molecule has 2 atom stereocenters. The summed E-state index contributed by atoms with van der Waals surface area (Å²) >= 11 is 3.33. The highest BCUT2D eigenvalue weighted by Gasteiger charge is 2.40. The van der Waals surface area contributed by atoms with Gasteiger partial charge in [0.2, 0.25) is 0 Å². The van der Waals surface area contributed by atoms with Crippen LogP contribution in [0.2, 0.25) is 0 Å². The van der Waals surface area contributed by atoms with Gasteiger partial charge in [-0.1, -0.05) is 12.1 Å². The van der Waals surface area contributed by atoms with E-state index in [9.17, 15) is 9.50 Å². The zero-order chi connectivity index (χ0) is 12.7. The van der Waals surface area contributed by atoms with Gasteiger partial charge in [-0.25, -0.2) is 4.39 Å². The maximum absolute atomic E-state index is 13.5. The molecule has 2 fully saturated rings. The fourth-order valence-electron chi connectivity index (χ4n) is 3.37. The van der Waals surface area contributed by atoms with E-state index in [1.165, 1.54) is 6.07 Å². The summed E-state index contributed by atoms with van der Waals surface area (Å²) in [6.45, 7) is 0.778. The minimum Gasteiger partial charge on any atom is -0.393 e. The summed E-state index contributed by atoms with van der Waals surface area (Å²) in [6.07, 6.45) is 3.91. The molecule has 98 valence electrons. The van der Waals surface area contributed by atoms with Gasteiger partial charge in [-0.05, 0) is 53.2 Å². The van der Waals surface area contributed by atoms with E-state index in [1.807, 2.05) is 6.07 Å². The van der Waals surface area contributed by atoms with Gasteiger partial charge in [0.05, 0.1) is 10.6 Å². The second kappa shape index (κ2) is 4.91. The summed E-state index contributed by atoms with van der Waals surface area (Å²) < 4.78 is 14.1. The third-order valence-corrected chi connectivity index (χ3v) is 5.13. The Balaban J connectivity index is 1.79. The summed E-state index contributed by atoms with van der Waals surface area (Å²) in [6, 6.07) is 6.14. The van der Waals surface area contributed by atoms with Crippen molar-refractivity contribution in [3.8, 4) is 0 Å². The van der Waals surface area contributed by atoms with E-state index in [1.54, 1.807) is 6.07 Å². The number of piperidine rings is 1. The van der Waals surface area contributed by atoms with Gasteiger partial charge in [0.1, 0.15) is 5.82 Å². The maximum atomic E-state index is 13.5. The monoisotopic (exact) mass is 313 g/mol. The minimum absolute atomic E-state index is 0.144. The van der Waals surface area contributed by atoms with Crippen LogP contribution in [-0.4, -0.2) is 28.2 Å². The molecule has 4 heteroatoms. The summed E-state index contributed by atoms with van der Waals surface area (Å²) in [4.78, 5) is 2.44. The number of aliphatic hydroxyl groups excluding tert-OH is 1. The van der Waals surface area contributed by atoms with Crippen molar-refractivity contribution in [3.05, 3.63) is 34.1 Å². The molecule has 0 aliphatic carbocycles. The molecule has 3 rings (SSSR count). The largest absolute Gasteiger partial charge is 0.393 e. The zero-order valence-electron chi connectivity index (χ0n) is 10.1. The Labute approximate surface area is 115 Å². The highest BCUT2D eigenvalue weighted by molar-refractivity contribution is 9.10. The van der Waals surface area contributed by atoms with E-state index >= 15 is 0 Å². The number of aliphatic hydroxyl groups is 1. The molecule has 0 radical (unpaired) electrons. The predicted molar refractivity (Wildman–Crippen MR) is 71.7 cm³/mol. The topological polar surface area (TPSA) is 23.5 Å². The summed E-state index contributed by atoms with van der Waals surface area (Å²) in [5.41, 5.74) is 1.00. The fourth-order valence-corrected chi connectivity index (χ4v) is 3.76. The molecule has 2 bridgehead atoms. The van der Waals surface area contributed by atoms with Crippen molar-refractivity contribution in [1.82, 2.24) is 4.90 Å². The molecule has 18 heavy (non-hydrogen) atoms. The molecular formula is C14H17BrFNO. The first-order chi connectivity index (χ1) is 8.65. The normalized spacial score (nSPS) is 31.8. The van der Waals surface area contributed by atoms with Crippen LogP contribution in [0, 0.1) is 5.82 Å². The number of hydrogen-bond donors (Lipinski definition) is 1. The molecule has 0 aromatic heterocycles. The van der Waals surface area contributed by atoms with Crippen molar-refractivity contribution in [3.63, 3.8) is 0 Å². The average Bonchev–Trinajstić information content (AvgIpc) is 2.58. The van der Waals surface area contributed by atoms with Crippen LogP contribution in [0.3, 0.4) is 0 Å². The van der Waals surface area contributed by atoms with Crippen molar-refractivity contribution in [2.24, 2.45) is 0 Å². The number of hydrogen-bond acceptors (Lipinski definition) is 2. The molecule has 1 aromatic rings. The Morgan fingerprint density at radius 1 is 1.28 bits per heavy atom. The first-order valence-corrected chi connectivity index (χ1v) is 7.31. The van der Waals surface area contributed by atoms with Gasteiger partial charge in [-0.3, -0.25) is 4.90 Å². The smallest absolute Gasteiger partial charge is 0.137 e. The van der Waals surface area contributed by atoms with E-state index in [0.29, 0.717) is 16.6 Å². The first kappa shape index (κ1) is 12.6. The van der Waals surface area contributed by atoms with Crippen LogP contribution in [0.1, 0.15) is 31.2 Å². The van der Waals surface area contributed by atoms with Crippen LogP contribution >= 0.6 is 15.9 Å². The molecule has 2 aliphatic rings.